The van der Waals surface area contributed by atoms with E-state index in [1.54, 1.807) is 7.11 Å². The molecule has 0 amide bonds. The van der Waals surface area contributed by atoms with E-state index in [-0.39, 0.29) is 33.9 Å². The van der Waals surface area contributed by atoms with Gasteiger partial charge in [-0.3, -0.25) is 0 Å². The van der Waals surface area contributed by atoms with E-state index in [4.69, 9.17) is 53.8 Å². The summed E-state index contributed by atoms with van der Waals surface area (Å²) < 4.78 is 22.2. The Morgan fingerprint density at radius 2 is 1.80 bits per heavy atom. The van der Waals surface area contributed by atoms with Crippen molar-refractivity contribution >= 4 is 40.8 Å². The van der Waals surface area contributed by atoms with Gasteiger partial charge in [-0.15, -0.1) is 0 Å². The number of methoxy groups -OCH3 is 1. The average molecular weight is 474 g/mol. The zero-order valence-electron chi connectivity index (χ0n) is 16.8. The zero-order valence-corrected chi connectivity index (χ0v) is 19.0. The molecule has 0 aliphatic carbocycles. The van der Waals surface area contributed by atoms with Crippen LogP contribution in [0.25, 0.3) is 0 Å². The number of carbonyl (C=O) groups excluding carboxylic acids is 1. The van der Waals surface area contributed by atoms with Crippen LogP contribution < -0.4 is 4.74 Å². The van der Waals surface area contributed by atoms with Gasteiger partial charge in [0, 0.05) is 5.02 Å². The minimum absolute atomic E-state index is 0.110. The van der Waals surface area contributed by atoms with Gasteiger partial charge in [0.05, 0.1) is 48.6 Å². The lowest BCUT2D eigenvalue weighted by molar-refractivity contribution is -0.0179. The normalized spacial score (nSPS) is 18.7. The highest BCUT2D eigenvalue weighted by atomic mass is 35.5. The highest BCUT2D eigenvalue weighted by molar-refractivity contribution is 6.41. The van der Waals surface area contributed by atoms with Crippen LogP contribution in [0.5, 0.6) is 5.75 Å². The monoisotopic (exact) mass is 472 g/mol. The van der Waals surface area contributed by atoms with Gasteiger partial charge in [-0.05, 0) is 49.6 Å². The summed E-state index contributed by atoms with van der Waals surface area (Å²) in [4.78, 5) is 12.3. The predicted molar refractivity (Wildman–Crippen MR) is 117 cm³/mol. The lowest BCUT2D eigenvalue weighted by Crippen LogP contribution is -2.30. The number of esters is 1. The van der Waals surface area contributed by atoms with Crippen molar-refractivity contribution in [3.8, 4) is 5.75 Å². The molecular weight excluding hydrogens is 451 g/mol. The summed E-state index contributed by atoms with van der Waals surface area (Å²) in [6.07, 6.45) is 1.18. The molecule has 1 aliphatic heterocycles. The second-order valence-electron chi connectivity index (χ2n) is 7.27. The molecule has 1 fully saturated rings. The maximum atomic E-state index is 12.3. The highest BCUT2D eigenvalue weighted by Crippen LogP contribution is 2.35. The van der Waals surface area contributed by atoms with Crippen LogP contribution in [0.4, 0.5) is 0 Å². The first-order chi connectivity index (χ1) is 14.3. The van der Waals surface area contributed by atoms with E-state index < -0.39 is 5.97 Å². The quantitative estimate of drug-likeness (QED) is 0.242. The molecule has 162 valence electrons. The number of benzene rings is 2. The third kappa shape index (κ3) is 6.02. The first kappa shape index (κ1) is 23.2. The second kappa shape index (κ2) is 10.2. The molecular formula is C22H23Cl3O5. The molecule has 0 saturated carbocycles. The Morgan fingerprint density at radius 1 is 1.17 bits per heavy atom. The molecule has 30 heavy (non-hydrogen) atoms. The van der Waals surface area contributed by atoms with E-state index in [0.29, 0.717) is 31.1 Å². The van der Waals surface area contributed by atoms with Crippen LogP contribution in [-0.4, -0.2) is 38.0 Å². The van der Waals surface area contributed by atoms with Crippen LogP contribution >= 0.6 is 34.8 Å². The number of hydrogen-bond donors (Lipinski definition) is 0. The van der Waals surface area contributed by atoms with Crippen LogP contribution in [0.1, 0.15) is 35.7 Å². The molecule has 0 radical (unpaired) electrons. The summed E-state index contributed by atoms with van der Waals surface area (Å²) in [6, 6.07) is 10.6. The Hall–Kier alpha value is -1.50. The molecule has 3 rings (SSSR count). The first-order valence-corrected chi connectivity index (χ1v) is 10.7. The van der Waals surface area contributed by atoms with Gasteiger partial charge >= 0.3 is 5.97 Å². The fourth-order valence-electron chi connectivity index (χ4n) is 3.03. The van der Waals surface area contributed by atoms with Gasteiger partial charge in [0.2, 0.25) is 0 Å². The number of carbonyl (C=O) groups is 1. The molecule has 2 aromatic rings. The molecule has 2 atom stereocenters. The van der Waals surface area contributed by atoms with Crippen LogP contribution in [-0.2, 0) is 20.8 Å². The summed E-state index contributed by atoms with van der Waals surface area (Å²) >= 11 is 18.0. The van der Waals surface area contributed by atoms with Gasteiger partial charge in [0.25, 0.3) is 0 Å². The molecule has 1 saturated heterocycles. The van der Waals surface area contributed by atoms with E-state index in [1.807, 2.05) is 31.2 Å². The Kier molecular flexibility index (Phi) is 7.88. The molecule has 0 aromatic heterocycles. The molecule has 2 aromatic carbocycles. The van der Waals surface area contributed by atoms with Gasteiger partial charge in [0.15, 0.2) is 0 Å². The average Bonchev–Trinajstić information content (AvgIpc) is 3.45. The second-order valence-corrected chi connectivity index (χ2v) is 8.52. The summed E-state index contributed by atoms with van der Waals surface area (Å²) in [5.41, 5.74) is 0.857. The molecule has 0 spiro atoms. The lowest BCUT2D eigenvalue weighted by atomic mass is 10.0. The molecule has 5 nitrogen and oxygen atoms in total. The summed E-state index contributed by atoms with van der Waals surface area (Å²) in [6.45, 7) is 3.34. The number of hydrogen-bond acceptors (Lipinski definition) is 5. The molecule has 8 heteroatoms. The van der Waals surface area contributed by atoms with E-state index in [1.165, 1.54) is 12.1 Å². The molecule has 0 bridgehead atoms. The van der Waals surface area contributed by atoms with Gasteiger partial charge in [-0.1, -0.05) is 46.9 Å². The van der Waals surface area contributed by atoms with Crippen molar-refractivity contribution < 1.29 is 23.7 Å². The van der Waals surface area contributed by atoms with E-state index >= 15 is 0 Å². The van der Waals surface area contributed by atoms with Gasteiger partial charge in [0.1, 0.15) is 11.4 Å². The molecule has 0 N–H and O–H groups in total. The Morgan fingerprint density at radius 3 is 2.37 bits per heavy atom. The van der Waals surface area contributed by atoms with Crippen LogP contribution in [0.2, 0.25) is 15.1 Å². The smallest absolute Gasteiger partial charge is 0.341 e. The fourth-order valence-corrected chi connectivity index (χ4v) is 4.00. The van der Waals surface area contributed by atoms with Crippen LogP contribution in [0.15, 0.2) is 36.4 Å². The van der Waals surface area contributed by atoms with E-state index in [0.717, 1.165) is 11.3 Å². The molecule has 1 heterocycles. The Labute approximate surface area is 191 Å². The zero-order chi connectivity index (χ0) is 21.7. The van der Waals surface area contributed by atoms with Gasteiger partial charge < -0.3 is 18.9 Å². The number of rotatable bonds is 10. The van der Waals surface area contributed by atoms with Crippen molar-refractivity contribution in [2.45, 2.75) is 38.1 Å². The maximum absolute atomic E-state index is 12.3. The first-order valence-electron chi connectivity index (χ1n) is 9.52. The lowest BCUT2D eigenvalue weighted by Gasteiger charge is -2.22. The maximum Gasteiger partial charge on any atom is 0.341 e. The Balaban J connectivity index is 1.49. The van der Waals surface area contributed by atoms with Crippen molar-refractivity contribution in [2.75, 3.05) is 20.3 Å². The van der Waals surface area contributed by atoms with Crippen molar-refractivity contribution in [1.29, 1.82) is 0 Å². The minimum atomic E-state index is -0.578. The van der Waals surface area contributed by atoms with Crippen molar-refractivity contribution in [3.05, 3.63) is 62.6 Å². The topological polar surface area (TPSA) is 57.3 Å². The predicted octanol–water partition coefficient (Wildman–Crippen LogP) is 5.97. The van der Waals surface area contributed by atoms with Crippen LogP contribution in [0.3, 0.4) is 0 Å². The van der Waals surface area contributed by atoms with E-state index in [9.17, 15) is 4.79 Å². The third-order valence-electron chi connectivity index (χ3n) is 4.95. The van der Waals surface area contributed by atoms with Gasteiger partial charge in [-0.25, -0.2) is 4.79 Å². The summed E-state index contributed by atoms with van der Waals surface area (Å²) in [5.74, 6) is 0.224. The number of ether oxygens (including phenoxy) is 4. The Bertz CT molecular complexity index is 858. The standard InChI is InChI=1S/C22H23Cl3O5/c1-22(13-30-22)19(29-12-14-5-7-16(27-2)8-6-14)4-3-9-28-21(26)20-17(24)10-15(23)11-18(20)25/h5-8,10-11,19H,3-4,9,12-13H2,1-2H3/t19-,22+/m1/s1. The molecule has 1 aliphatic rings. The minimum Gasteiger partial charge on any atom is -0.497 e. The fraction of sp³-hybridized carbons (Fsp3) is 0.409. The molecule has 0 unspecified atom stereocenters. The van der Waals surface area contributed by atoms with Crippen LogP contribution in [0, 0.1) is 0 Å². The van der Waals surface area contributed by atoms with Gasteiger partial charge in [-0.2, -0.15) is 0 Å². The summed E-state index contributed by atoms with van der Waals surface area (Å²) in [7, 11) is 1.63. The largest absolute Gasteiger partial charge is 0.497 e. The van der Waals surface area contributed by atoms with Crippen molar-refractivity contribution in [1.82, 2.24) is 0 Å². The number of epoxide rings is 1. The highest BCUT2D eigenvalue weighted by Gasteiger charge is 2.47. The van der Waals surface area contributed by atoms with Crippen molar-refractivity contribution in [3.63, 3.8) is 0 Å². The summed E-state index contributed by atoms with van der Waals surface area (Å²) in [5, 5.41) is 0.685. The van der Waals surface area contributed by atoms with Crippen molar-refractivity contribution in [2.24, 2.45) is 0 Å². The number of halogens is 3. The van der Waals surface area contributed by atoms with E-state index in [2.05, 4.69) is 0 Å². The third-order valence-corrected chi connectivity index (χ3v) is 5.76. The SMILES string of the molecule is COc1ccc(CO[C@H](CCCOC(=O)c2c(Cl)cc(Cl)cc2Cl)[C@]2(C)CO2)cc1.